The molecule has 1 fully saturated rings. The van der Waals surface area contributed by atoms with Gasteiger partial charge in [0.15, 0.2) is 0 Å². The molecule has 62 heavy (non-hydrogen) atoms. The standard InChI is InChI=1S/C48H55FN8O3S2/c1-33-45(48(58)51-2)46(47(55(33)5)34-14-16-36(49)17-15-34)35-10-9-11-40(30-35)57-28-26-56(27-29-57)39-20-18-37(19-21-39)53-62(59,60)42-22-23-44(43(50)31-42)52-38(24-25-54(3)4)32-61-41-12-7-6-8-13-41/h6-23,30-31,38,52-53H,24-29,32,50H2,1-5H3,(H,51,58)/t38-/m1/s1. The average Bonchev–Trinajstić information content (AvgIpc) is 3.54. The van der Waals surface area contributed by atoms with E-state index >= 15 is 0 Å². The highest BCUT2D eigenvalue weighted by Crippen LogP contribution is 2.40. The number of aromatic nitrogens is 1. The van der Waals surface area contributed by atoms with Crippen molar-refractivity contribution >= 4 is 56.1 Å². The fraction of sp³-hybridized carbons (Fsp3) is 0.271. The zero-order valence-electron chi connectivity index (χ0n) is 35.9. The van der Waals surface area contributed by atoms with Crippen LogP contribution in [-0.4, -0.2) is 89.5 Å². The summed E-state index contributed by atoms with van der Waals surface area (Å²) < 4.78 is 45.7. The summed E-state index contributed by atoms with van der Waals surface area (Å²) in [6.45, 7) is 5.85. The molecule has 1 atom stereocenters. The zero-order valence-corrected chi connectivity index (χ0v) is 37.5. The molecule has 0 saturated carbocycles. The van der Waals surface area contributed by atoms with Crippen LogP contribution in [0.15, 0.2) is 131 Å². The number of hydrogen-bond donors (Lipinski definition) is 4. The van der Waals surface area contributed by atoms with E-state index in [0.717, 1.165) is 84.4 Å². The molecular formula is C48H55FN8O3S2. The van der Waals surface area contributed by atoms with Crippen molar-refractivity contribution in [2.24, 2.45) is 7.05 Å². The van der Waals surface area contributed by atoms with Gasteiger partial charge in [-0.25, -0.2) is 12.8 Å². The van der Waals surface area contributed by atoms with Crippen molar-refractivity contribution in [2.45, 2.75) is 29.2 Å². The monoisotopic (exact) mass is 874 g/mol. The van der Waals surface area contributed by atoms with Gasteiger partial charge in [0.25, 0.3) is 15.9 Å². The van der Waals surface area contributed by atoms with Gasteiger partial charge in [-0.1, -0.05) is 30.3 Å². The predicted molar refractivity (Wildman–Crippen MR) is 255 cm³/mol. The molecule has 0 unspecified atom stereocenters. The summed E-state index contributed by atoms with van der Waals surface area (Å²) >= 11 is 1.77. The number of thioether (sulfide) groups is 1. The van der Waals surface area contributed by atoms with Crippen molar-refractivity contribution in [3.8, 4) is 22.4 Å². The van der Waals surface area contributed by atoms with Gasteiger partial charge in [-0.05, 0) is 136 Å². The molecule has 2 heterocycles. The number of carbonyl (C=O) groups is 1. The Bertz CT molecular complexity index is 2590. The first-order valence-electron chi connectivity index (χ1n) is 20.7. The topological polar surface area (TPSA) is 128 Å². The van der Waals surface area contributed by atoms with Crippen LogP contribution in [0.2, 0.25) is 0 Å². The minimum atomic E-state index is -3.91. The number of sulfonamides is 1. The summed E-state index contributed by atoms with van der Waals surface area (Å²) in [5.74, 6) is 0.331. The van der Waals surface area contributed by atoms with Gasteiger partial charge in [0, 0.05) is 85.3 Å². The van der Waals surface area contributed by atoms with E-state index in [1.54, 1.807) is 55.2 Å². The number of halogens is 1. The molecule has 1 aliphatic heterocycles. The molecule has 1 aliphatic rings. The van der Waals surface area contributed by atoms with E-state index in [2.05, 4.69) is 54.3 Å². The van der Waals surface area contributed by atoms with Gasteiger partial charge in [0.05, 0.1) is 27.5 Å². The Balaban J connectivity index is 0.993. The van der Waals surface area contributed by atoms with E-state index in [-0.39, 0.29) is 22.7 Å². The molecule has 0 spiro atoms. The predicted octanol–water partition coefficient (Wildman–Crippen LogP) is 8.40. The Kier molecular flexibility index (Phi) is 13.8. The van der Waals surface area contributed by atoms with E-state index in [1.165, 1.54) is 23.1 Å². The third-order valence-electron chi connectivity index (χ3n) is 11.3. The Morgan fingerprint density at radius 3 is 2.16 bits per heavy atom. The first kappa shape index (κ1) is 44.1. The minimum Gasteiger partial charge on any atom is -0.397 e. The van der Waals surface area contributed by atoms with Crippen LogP contribution in [0.5, 0.6) is 0 Å². The quantitative estimate of drug-likeness (QED) is 0.0560. The van der Waals surface area contributed by atoms with Crippen molar-refractivity contribution in [2.75, 3.05) is 85.2 Å². The Morgan fingerprint density at radius 1 is 0.839 bits per heavy atom. The Hall–Kier alpha value is -5.96. The molecule has 6 aromatic rings. The van der Waals surface area contributed by atoms with Crippen molar-refractivity contribution in [1.82, 2.24) is 14.8 Å². The molecular weight excluding hydrogens is 820 g/mol. The molecule has 324 valence electrons. The van der Waals surface area contributed by atoms with E-state index in [0.29, 0.717) is 22.6 Å². The number of nitrogens with one attached hydrogen (secondary N) is 3. The Morgan fingerprint density at radius 2 is 1.52 bits per heavy atom. The third-order valence-corrected chi connectivity index (χ3v) is 13.9. The number of hydrogen-bond acceptors (Lipinski definition) is 9. The number of nitrogens with two attached hydrogens (primary N) is 1. The number of benzene rings is 5. The van der Waals surface area contributed by atoms with Gasteiger partial charge < -0.3 is 35.6 Å². The van der Waals surface area contributed by atoms with Gasteiger partial charge >= 0.3 is 0 Å². The minimum absolute atomic E-state index is 0.0900. The number of carbonyl (C=O) groups excluding carboxylic acids is 1. The maximum atomic E-state index is 13.9. The lowest BCUT2D eigenvalue weighted by molar-refractivity contribution is 0.0963. The highest BCUT2D eigenvalue weighted by atomic mass is 32.2. The normalized spacial score (nSPS) is 13.6. The summed E-state index contributed by atoms with van der Waals surface area (Å²) in [4.78, 5) is 21.3. The van der Waals surface area contributed by atoms with Crippen molar-refractivity contribution in [1.29, 1.82) is 0 Å². The van der Waals surface area contributed by atoms with Crippen LogP contribution in [0.1, 0.15) is 22.5 Å². The van der Waals surface area contributed by atoms with Crippen LogP contribution in [-0.2, 0) is 17.1 Å². The lowest BCUT2D eigenvalue weighted by Crippen LogP contribution is -2.46. The second-order valence-electron chi connectivity index (χ2n) is 15.8. The summed E-state index contributed by atoms with van der Waals surface area (Å²) in [6, 6.07) is 37.3. The number of nitrogen functional groups attached to an aromatic ring is 1. The molecule has 0 bridgehead atoms. The van der Waals surface area contributed by atoms with Crippen LogP contribution >= 0.6 is 11.8 Å². The van der Waals surface area contributed by atoms with E-state index < -0.39 is 10.0 Å². The highest BCUT2D eigenvalue weighted by molar-refractivity contribution is 7.99. The van der Waals surface area contributed by atoms with Gasteiger partial charge in [0.1, 0.15) is 5.82 Å². The summed E-state index contributed by atoms with van der Waals surface area (Å²) in [6.07, 6.45) is 0.895. The summed E-state index contributed by atoms with van der Waals surface area (Å²) in [7, 11) is 3.75. The lowest BCUT2D eigenvalue weighted by Gasteiger charge is -2.37. The van der Waals surface area contributed by atoms with Gasteiger partial charge in [0.2, 0.25) is 0 Å². The fourth-order valence-corrected chi connectivity index (χ4v) is 9.94. The van der Waals surface area contributed by atoms with E-state index in [1.807, 2.05) is 75.1 Å². The maximum Gasteiger partial charge on any atom is 0.261 e. The first-order valence-corrected chi connectivity index (χ1v) is 23.2. The van der Waals surface area contributed by atoms with Crippen LogP contribution in [0, 0.1) is 12.7 Å². The molecule has 1 aromatic heterocycles. The van der Waals surface area contributed by atoms with Crippen molar-refractivity contribution in [3.63, 3.8) is 0 Å². The van der Waals surface area contributed by atoms with Crippen molar-refractivity contribution in [3.05, 3.63) is 138 Å². The second-order valence-corrected chi connectivity index (χ2v) is 18.6. The molecule has 1 amide bonds. The van der Waals surface area contributed by atoms with E-state index in [4.69, 9.17) is 5.73 Å². The van der Waals surface area contributed by atoms with Crippen LogP contribution in [0.25, 0.3) is 22.4 Å². The van der Waals surface area contributed by atoms with Gasteiger partial charge in [-0.2, -0.15) is 0 Å². The van der Waals surface area contributed by atoms with Gasteiger partial charge in [-0.15, -0.1) is 11.8 Å². The fourth-order valence-electron chi connectivity index (χ4n) is 7.85. The Labute approximate surface area is 369 Å². The molecule has 5 N–H and O–H groups in total. The zero-order chi connectivity index (χ0) is 44.0. The number of piperazine rings is 1. The van der Waals surface area contributed by atoms with Gasteiger partial charge in [-0.3, -0.25) is 9.52 Å². The van der Waals surface area contributed by atoms with Crippen LogP contribution in [0.3, 0.4) is 0 Å². The number of rotatable bonds is 16. The smallest absolute Gasteiger partial charge is 0.261 e. The first-order chi connectivity index (χ1) is 29.8. The van der Waals surface area contributed by atoms with Crippen LogP contribution in [0.4, 0.5) is 32.8 Å². The van der Waals surface area contributed by atoms with Crippen LogP contribution < -0.4 is 30.9 Å². The average molecular weight is 875 g/mol. The third kappa shape index (κ3) is 10.2. The maximum absolute atomic E-state index is 13.9. The molecule has 14 heteroatoms. The van der Waals surface area contributed by atoms with E-state index in [9.17, 15) is 17.6 Å². The number of anilines is 5. The molecule has 0 radical (unpaired) electrons. The largest absolute Gasteiger partial charge is 0.397 e. The highest BCUT2D eigenvalue weighted by Gasteiger charge is 2.27. The molecule has 1 saturated heterocycles. The SMILES string of the molecule is CNC(=O)c1c(-c2cccc(N3CCN(c4ccc(NS(=O)(=O)c5ccc(N[C@H](CCN(C)C)CSc6ccccc6)c(N)c5)cc4)CC3)c2)c(-c2ccc(F)cc2)n(C)c1C. The number of nitrogens with zero attached hydrogens (tertiary/aromatic N) is 4. The molecule has 7 rings (SSSR count). The summed E-state index contributed by atoms with van der Waals surface area (Å²) in [5.41, 5.74) is 14.8. The second kappa shape index (κ2) is 19.4. The molecule has 5 aromatic carbocycles. The van der Waals surface area contributed by atoms with Crippen molar-refractivity contribution < 1.29 is 17.6 Å². The number of amides is 1. The molecule has 0 aliphatic carbocycles. The molecule has 11 nitrogen and oxygen atoms in total. The lowest BCUT2D eigenvalue weighted by atomic mass is 9.96. The summed E-state index contributed by atoms with van der Waals surface area (Å²) in [5, 5.41) is 6.36.